The van der Waals surface area contributed by atoms with Gasteiger partial charge in [-0.3, -0.25) is 14.6 Å². The third kappa shape index (κ3) is 3.24. The topological polar surface area (TPSA) is 71.3 Å². The highest BCUT2D eigenvalue weighted by Gasteiger charge is 2.48. The van der Waals surface area contributed by atoms with Gasteiger partial charge in [0.15, 0.2) is 0 Å². The van der Waals surface area contributed by atoms with Crippen LogP contribution in [0.5, 0.6) is 0 Å². The van der Waals surface area contributed by atoms with Crippen LogP contribution in [0.1, 0.15) is 30.7 Å². The Labute approximate surface area is 175 Å². The summed E-state index contributed by atoms with van der Waals surface area (Å²) >= 11 is 0. The summed E-state index contributed by atoms with van der Waals surface area (Å²) in [6.07, 6.45) is 5.91. The van der Waals surface area contributed by atoms with Gasteiger partial charge in [-0.25, -0.2) is 4.98 Å². The number of carbonyl (C=O) groups is 2. The Balaban J connectivity index is 1.28. The standard InChI is InChI=1S/C23H25N5O2/c1-26-18-5-3-2-4-17(18)25-21(26)15-28-19-10-13-27(20(19)14-23(28)30)22(29)7-6-16-8-11-24-12-9-16/h2-5,8-9,11-12,19-20H,6-7,10,13-15H2,1H3/t19-,20-/m0/s1. The number of carbonyl (C=O) groups excluding carboxylic acids is 2. The highest BCUT2D eigenvalue weighted by molar-refractivity contribution is 5.84. The predicted molar refractivity (Wildman–Crippen MR) is 112 cm³/mol. The number of amides is 2. The molecule has 2 aliphatic rings. The van der Waals surface area contributed by atoms with Crippen LogP contribution in [0.4, 0.5) is 0 Å². The zero-order valence-corrected chi connectivity index (χ0v) is 17.1. The van der Waals surface area contributed by atoms with Crippen molar-refractivity contribution in [3.05, 3.63) is 60.2 Å². The average molecular weight is 403 g/mol. The highest BCUT2D eigenvalue weighted by atomic mass is 16.2. The highest BCUT2D eigenvalue weighted by Crippen LogP contribution is 2.34. The van der Waals surface area contributed by atoms with E-state index in [0.717, 1.165) is 35.4 Å². The summed E-state index contributed by atoms with van der Waals surface area (Å²) in [5.41, 5.74) is 3.12. The Morgan fingerprint density at radius 3 is 2.73 bits per heavy atom. The lowest BCUT2D eigenvalue weighted by Crippen LogP contribution is -2.40. The summed E-state index contributed by atoms with van der Waals surface area (Å²) in [6, 6.07) is 12.0. The van der Waals surface area contributed by atoms with Crippen molar-refractivity contribution in [3.63, 3.8) is 0 Å². The summed E-state index contributed by atoms with van der Waals surface area (Å²) in [5, 5.41) is 0. The number of para-hydroxylation sites is 2. The van der Waals surface area contributed by atoms with Gasteiger partial charge in [-0.1, -0.05) is 12.1 Å². The number of benzene rings is 1. The molecule has 0 unspecified atom stereocenters. The molecule has 0 aliphatic carbocycles. The van der Waals surface area contributed by atoms with Crippen LogP contribution in [0.15, 0.2) is 48.8 Å². The van der Waals surface area contributed by atoms with Crippen LogP contribution in [-0.2, 0) is 29.6 Å². The van der Waals surface area contributed by atoms with Crippen LogP contribution in [0, 0.1) is 0 Å². The van der Waals surface area contributed by atoms with Gasteiger partial charge in [0, 0.05) is 38.8 Å². The van der Waals surface area contributed by atoms with Crippen LogP contribution >= 0.6 is 0 Å². The number of aromatic nitrogens is 3. The predicted octanol–water partition coefficient (Wildman–Crippen LogP) is 2.30. The van der Waals surface area contributed by atoms with Crippen molar-refractivity contribution >= 4 is 22.8 Å². The summed E-state index contributed by atoms with van der Waals surface area (Å²) in [6.45, 7) is 1.21. The maximum Gasteiger partial charge on any atom is 0.225 e. The molecule has 30 heavy (non-hydrogen) atoms. The molecule has 0 bridgehead atoms. The molecule has 0 N–H and O–H groups in total. The number of imidazole rings is 1. The molecule has 0 saturated carbocycles. The van der Waals surface area contributed by atoms with Crippen molar-refractivity contribution in [1.82, 2.24) is 24.3 Å². The van der Waals surface area contributed by atoms with Crippen molar-refractivity contribution < 1.29 is 9.59 Å². The molecule has 154 valence electrons. The molecular formula is C23H25N5O2. The number of hydrogen-bond donors (Lipinski definition) is 0. The molecule has 2 amide bonds. The maximum absolute atomic E-state index is 12.9. The molecule has 2 aliphatic heterocycles. The first kappa shape index (κ1) is 18.8. The first-order valence-electron chi connectivity index (χ1n) is 10.5. The van der Waals surface area contributed by atoms with E-state index in [2.05, 4.69) is 9.55 Å². The average Bonchev–Trinajstić information content (AvgIpc) is 3.41. The van der Waals surface area contributed by atoms with E-state index >= 15 is 0 Å². The Kier molecular flexibility index (Phi) is 4.73. The van der Waals surface area contributed by atoms with E-state index in [0.29, 0.717) is 25.8 Å². The van der Waals surface area contributed by atoms with Crippen molar-refractivity contribution in [2.45, 2.75) is 44.3 Å². The third-order valence-electron chi connectivity index (χ3n) is 6.50. The molecule has 7 heteroatoms. The molecule has 4 heterocycles. The molecule has 5 rings (SSSR count). The lowest BCUT2D eigenvalue weighted by molar-refractivity contribution is -0.132. The van der Waals surface area contributed by atoms with Crippen molar-refractivity contribution in [2.24, 2.45) is 7.05 Å². The van der Waals surface area contributed by atoms with Gasteiger partial charge >= 0.3 is 0 Å². The number of nitrogens with zero attached hydrogens (tertiary/aromatic N) is 5. The molecule has 0 spiro atoms. The van der Waals surface area contributed by atoms with E-state index in [1.807, 2.05) is 53.2 Å². The molecule has 2 aromatic heterocycles. The fourth-order valence-corrected chi connectivity index (χ4v) is 4.88. The van der Waals surface area contributed by atoms with E-state index in [1.165, 1.54) is 0 Å². The van der Waals surface area contributed by atoms with Crippen molar-refractivity contribution in [2.75, 3.05) is 6.54 Å². The minimum atomic E-state index is -0.0166. The van der Waals surface area contributed by atoms with Gasteiger partial charge < -0.3 is 14.4 Å². The normalized spacial score (nSPS) is 20.9. The summed E-state index contributed by atoms with van der Waals surface area (Å²) in [7, 11) is 1.99. The maximum atomic E-state index is 12.9. The SMILES string of the molecule is Cn1c(CN2C(=O)C[C@H]3[C@@H]2CCN3C(=O)CCc2ccncc2)nc2ccccc21. The molecule has 3 aromatic rings. The second kappa shape index (κ2) is 7.55. The van der Waals surface area contributed by atoms with Gasteiger partial charge in [-0.05, 0) is 42.7 Å². The Bertz CT molecular complexity index is 1090. The lowest BCUT2D eigenvalue weighted by atomic mass is 10.1. The van der Waals surface area contributed by atoms with Gasteiger partial charge in [0.1, 0.15) is 5.82 Å². The van der Waals surface area contributed by atoms with Crippen molar-refractivity contribution in [3.8, 4) is 0 Å². The zero-order chi connectivity index (χ0) is 20.7. The van der Waals surface area contributed by atoms with Crippen LogP contribution < -0.4 is 0 Å². The van der Waals surface area contributed by atoms with E-state index in [9.17, 15) is 9.59 Å². The Hall–Kier alpha value is -3.22. The molecule has 2 saturated heterocycles. The van der Waals surface area contributed by atoms with Crippen LogP contribution in [0.2, 0.25) is 0 Å². The van der Waals surface area contributed by atoms with Crippen LogP contribution in [-0.4, -0.2) is 54.8 Å². The summed E-state index contributed by atoms with van der Waals surface area (Å²) in [4.78, 5) is 38.3. The number of hydrogen-bond acceptors (Lipinski definition) is 4. The fourth-order valence-electron chi connectivity index (χ4n) is 4.88. The molecule has 0 radical (unpaired) electrons. The smallest absolute Gasteiger partial charge is 0.225 e. The number of aryl methyl sites for hydroxylation is 2. The minimum Gasteiger partial charge on any atom is -0.337 e. The fraction of sp³-hybridized carbons (Fsp3) is 0.391. The number of rotatable bonds is 5. The van der Waals surface area contributed by atoms with Crippen molar-refractivity contribution in [1.29, 1.82) is 0 Å². The second-order valence-corrected chi connectivity index (χ2v) is 8.17. The van der Waals surface area contributed by atoms with Gasteiger partial charge in [-0.2, -0.15) is 0 Å². The van der Waals surface area contributed by atoms with E-state index in [-0.39, 0.29) is 23.9 Å². The molecule has 2 fully saturated rings. The molecular weight excluding hydrogens is 378 g/mol. The minimum absolute atomic E-state index is 0.0166. The molecule has 7 nitrogen and oxygen atoms in total. The number of likely N-dealkylation sites (tertiary alicyclic amines) is 2. The lowest BCUT2D eigenvalue weighted by Gasteiger charge is -2.25. The zero-order valence-electron chi connectivity index (χ0n) is 17.1. The van der Waals surface area contributed by atoms with Crippen LogP contribution in [0.3, 0.4) is 0 Å². The monoisotopic (exact) mass is 403 g/mol. The molecule has 2 atom stereocenters. The molecule has 1 aromatic carbocycles. The van der Waals surface area contributed by atoms with Gasteiger partial charge in [0.05, 0.1) is 29.7 Å². The summed E-state index contributed by atoms with van der Waals surface area (Å²) < 4.78 is 2.06. The van der Waals surface area contributed by atoms with E-state index in [1.54, 1.807) is 12.4 Å². The quantitative estimate of drug-likeness (QED) is 0.655. The number of fused-ring (bicyclic) bond motifs is 2. The van der Waals surface area contributed by atoms with Crippen LogP contribution in [0.25, 0.3) is 11.0 Å². The Morgan fingerprint density at radius 2 is 1.93 bits per heavy atom. The van der Waals surface area contributed by atoms with E-state index < -0.39 is 0 Å². The number of pyridine rings is 1. The van der Waals surface area contributed by atoms with E-state index in [4.69, 9.17) is 4.98 Å². The third-order valence-corrected chi connectivity index (χ3v) is 6.50. The summed E-state index contributed by atoms with van der Waals surface area (Å²) in [5.74, 6) is 1.13. The van der Waals surface area contributed by atoms with Gasteiger partial charge in [0.25, 0.3) is 0 Å². The second-order valence-electron chi connectivity index (χ2n) is 8.17. The van der Waals surface area contributed by atoms with Gasteiger partial charge in [-0.15, -0.1) is 0 Å². The Morgan fingerprint density at radius 1 is 1.13 bits per heavy atom. The first-order valence-corrected chi connectivity index (χ1v) is 10.5. The largest absolute Gasteiger partial charge is 0.337 e. The first-order chi connectivity index (χ1) is 14.6. The van der Waals surface area contributed by atoms with Gasteiger partial charge in [0.2, 0.25) is 11.8 Å².